The molecule has 0 radical (unpaired) electrons. The summed E-state index contributed by atoms with van der Waals surface area (Å²) in [5.74, 6) is 1.74. The lowest BCUT2D eigenvalue weighted by molar-refractivity contribution is -0.256. The predicted octanol–water partition coefficient (Wildman–Crippen LogP) is 2.43. The highest BCUT2D eigenvalue weighted by Gasteiger charge is 2.35. The number of rotatable bonds is 3. The topological polar surface area (TPSA) is 24.5 Å². The lowest BCUT2D eigenvalue weighted by Crippen LogP contribution is -2.49. The minimum absolute atomic E-state index is 0.0999. The van der Waals surface area contributed by atoms with Crippen LogP contribution < -0.4 is 5.32 Å². The SMILES string of the molecule is CC(C)C1CCC(C)(ON2CCNCC2)CC1. The van der Waals surface area contributed by atoms with Gasteiger partial charge in [0.1, 0.15) is 0 Å². The maximum atomic E-state index is 6.24. The van der Waals surface area contributed by atoms with Crippen LogP contribution in [0.3, 0.4) is 0 Å². The van der Waals surface area contributed by atoms with Crippen molar-refractivity contribution in [3.05, 3.63) is 0 Å². The molecule has 1 N–H and O–H groups in total. The molecule has 1 heterocycles. The smallest absolute Gasteiger partial charge is 0.0872 e. The molecule has 17 heavy (non-hydrogen) atoms. The molecule has 0 aromatic carbocycles. The van der Waals surface area contributed by atoms with Gasteiger partial charge in [-0.05, 0) is 44.4 Å². The summed E-state index contributed by atoms with van der Waals surface area (Å²) >= 11 is 0. The molecule has 2 rings (SSSR count). The Morgan fingerprint density at radius 3 is 2.29 bits per heavy atom. The van der Waals surface area contributed by atoms with Crippen LogP contribution in [-0.2, 0) is 4.84 Å². The Kier molecular flexibility index (Phi) is 4.45. The van der Waals surface area contributed by atoms with E-state index in [1.807, 2.05) is 0 Å². The van der Waals surface area contributed by atoms with Crippen molar-refractivity contribution >= 4 is 0 Å². The van der Waals surface area contributed by atoms with Gasteiger partial charge in [0.25, 0.3) is 0 Å². The Balaban J connectivity index is 1.80. The minimum atomic E-state index is 0.0999. The summed E-state index contributed by atoms with van der Waals surface area (Å²) in [6.45, 7) is 11.2. The summed E-state index contributed by atoms with van der Waals surface area (Å²) in [6.07, 6.45) is 5.11. The molecule has 0 aromatic rings. The molecule has 0 spiro atoms. The van der Waals surface area contributed by atoms with E-state index in [1.54, 1.807) is 0 Å². The Labute approximate surface area is 106 Å². The summed E-state index contributed by atoms with van der Waals surface area (Å²) in [7, 11) is 0. The van der Waals surface area contributed by atoms with Gasteiger partial charge in [-0.15, -0.1) is 0 Å². The van der Waals surface area contributed by atoms with Gasteiger partial charge in [-0.25, -0.2) is 0 Å². The number of nitrogens with one attached hydrogen (secondary N) is 1. The van der Waals surface area contributed by atoms with Gasteiger partial charge in [0.15, 0.2) is 0 Å². The van der Waals surface area contributed by atoms with Gasteiger partial charge < -0.3 is 5.32 Å². The summed E-state index contributed by atoms with van der Waals surface area (Å²) in [5, 5.41) is 5.54. The third kappa shape index (κ3) is 3.67. The molecule has 1 aliphatic heterocycles. The normalized spacial score (nSPS) is 36.4. The highest BCUT2D eigenvalue weighted by Crippen LogP contribution is 2.38. The number of piperazine rings is 1. The third-order valence-corrected chi connectivity index (χ3v) is 4.46. The first-order valence-electron chi connectivity index (χ1n) is 7.24. The van der Waals surface area contributed by atoms with Crippen molar-refractivity contribution in [3.63, 3.8) is 0 Å². The lowest BCUT2D eigenvalue weighted by atomic mass is 9.75. The molecule has 0 amide bonds. The average Bonchev–Trinajstić information content (AvgIpc) is 2.30. The standard InChI is InChI=1S/C14H28N2O/c1-12(2)13-4-6-14(3,7-5-13)17-16-10-8-15-9-11-16/h12-13,15H,4-11H2,1-3H3. The largest absolute Gasteiger partial charge is 0.314 e. The zero-order valence-electron chi connectivity index (χ0n) is 11.7. The molecule has 0 atom stereocenters. The highest BCUT2D eigenvalue weighted by molar-refractivity contribution is 4.84. The Bertz CT molecular complexity index is 228. The molecule has 2 aliphatic rings. The van der Waals surface area contributed by atoms with E-state index in [2.05, 4.69) is 31.2 Å². The molecule has 0 aromatic heterocycles. The molecular formula is C14H28N2O. The van der Waals surface area contributed by atoms with E-state index in [1.165, 1.54) is 25.7 Å². The molecule has 3 nitrogen and oxygen atoms in total. The number of hydrogen-bond donors (Lipinski definition) is 1. The number of hydrogen-bond acceptors (Lipinski definition) is 3. The van der Waals surface area contributed by atoms with Crippen molar-refractivity contribution in [1.82, 2.24) is 10.4 Å². The monoisotopic (exact) mass is 240 g/mol. The van der Waals surface area contributed by atoms with E-state index in [-0.39, 0.29) is 5.60 Å². The van der Waals surface area contributed by atoms with Crippen LogP contribution in [0.1, 0.15) is 46.5 Å². The molecule has 2 fully saturated rings. The second-order valence-corrected chi connectivity index (χ2v) is 6.30. The van der Waals surface area contributed by atoms with E-state index < -0.39 is 0 Å². The van der Waals surface area contributed by atoms with Crippen molar-refractivity contribution in [3.8, 4) is 0 Å². The summed E-state index contributed by atoms with van der Waals surface area (Å²) < 4.78 is 0. The van der Waals surface area contributed by atoms with E-state index in [0.717, 1.165) is 38.0 Å². The van der Waals surface area contributed by atoms with Crippen molar-refractivity contribution in [2.24, 2.45) is 11.8 Å². The van der Waals surface area contributed by atoms with Gasteiger partial charge in [0.2, 0.25) is 0 Å². The quantitative estimate of drug-likeness (QED) is 0.820. The molecule has 1 saturated carbocycles. The molecule has 0 unspecified atom stereocenters. The molecule has 3 heteroatoms. The van der Waals surface area contributed by atoms with E-state index in [0.29, 0.717) is 0 Å². The zero-order valence-corrected chi connectivity index (χ0v) is 11.7. The van der Waals surface area contributed by atoms with Crippen molar-refractivity contribution < 1.29 is 4.84 Å². The fourth-order valence-corrected chi connectivity index (χ4v) is 3.06. The lowest BCUT2D eigenvalue weighted by Gasteiger charge is -2.42. The minimum Gasteiger partial charge on any atom is -0.314 e. The van der Waals surface area contributed by atoms with Crippen LogP contribution in [0, 0.1) is 11.8 Å². The Hall–Kier alpha value is -0.120. The summed E-state index contributed by atoms with van der Waals surface area (Å²) in [6, 6.07) is 0. The fourth-order valence-electron chi connectivity index (χ4n) is 3.06. The maximum Gasteiger partial charge on any atom is 0.0872 e. The van der Waals surface area contributed by atoms with Crippen LogP contribution in [0.4, 0.5) is 0 Å². The zero-order chi connectivity index (χ0) is 12.3. The van der Waals surface area contributed by atoms with Crippen LogP contribution in [0.5, 0.6) is 0 Å². The first-order valence-corrected chi connectivity index (χ1v) is 7.24. The van der Waals surface area contributed by atoms with E-state index in [9.17, 15) is 0 Å². The van der Waals surface area contributed by atoms with Crippen molar-refractivity contribution in [1.29, 1.82) is 0 Å². The Morgan fingerprint density at radius 2 is 1.76 bits per heavy atom. The molecule has 1 aliphatic carbocycles. The predicted molar refractivity (Wildman–Crippen MR) is 70.7 cm³/mol. The highest BCUT2D eigenvalue weighted by atomic mass is 16.7. The molecule has 1 saturated heterocycles. The van der Waals surface area contributed by atoms with Gasteiger partial charge in [-0.2, -0.15) is 5.06 Å². The second kappa shape index (κ2) is 5.68. The van der Waals surface area contributed by atoms with Gasteiger partial charge in [0.05, 0.1) is 5.60 Å². The first-order chi connectivity index (χ1) is 8.09. The van der Waals surface area contributed by atoms with Crippen LogP contribution in [0.2, 0.25) is 0 Å². The Morgan fingerprint density at radius 1 is 1.18 bits per heavy atom. The number of nitrogens with zero attached hydrogens (tertiary/aromatic N) is 1. The van der Waals surface area contributed by atoms with Crippen molar-refractivity contribution in [2.45, 2.75) is 52.1 Å². The van der Waals surface area contributed by atoms with Crippen LogP contribution in [-0.4, -0.2) is 36.8 Å². The van der Waals surface area contributed by atoms with Crippen molar-refractivity contribution in [2.75, 3.05) is 26.2 Å². The molecule has 0 bridgehead atoms. The fraction of sp³-hybridized carbons (Fsp3) is 1.00. The van der Waals surface area contributed by atoms with Crippen LogP contribution >= 0.6 is 0 Å². The molecular weight excluding hydrogens is 212 g/mol. The number of hydroxylamine groups is 2. The van der Waals surface area contributed by atoms with Crippen LogP contribution in [0.15, 0.2) is 0 Å². The van der Waals surface area contributed by atoms with Gasteiger partial charge >= 0.3 is 0 Å². The first kappa shape index (κ1) is 13.3. The van der Waals surface area contributed by atoms with Gasteiger partial charge in [-0.1, -0.05) is 13.8 Å². The van der Waals surface area contributed by atoms with Crippen LogP contribution in [0.25, 0.3) is 0 Å². The average molecular weight is 240 g/mol. The van der Waals surface area contributed by atoms with Gasteiger partial charge in [-0.3, -0.25) is 4.84 Å². The van der Waals surface area contributed by atoms with E-state index in [4.69, 9.17) is 4.84 Å². The third-order valence-electron chi connectivity index (χ3n) is 4.46. The molecule has 100 valence electrons. The maximum absolute atomic E-state index is 6.24. The summed E-state index contributed by atoms with van der Waals surface area (Å²) in [5.41, 5.74) is 0.0999. The second-order valence-electron chi connectivity index (χ2n) is 6.30. The summed E-state index contributed by atoms with van der Waals surface area (Å²) in [4.78, 5) is 6.24. The van der Waals surface area contributed by atoms with Gasteiger partial charge in [0, 0.05) is 26.2 Å². The van der Waals surface area contributed by atoms with E-state index >= 15 is 0 Å².